The minimum Gasteiger partial charge on any atom is -0.493 e. The molecule has 2 rings (SSSR count). The quantitative estimate of drug-likeness (QED) is 0.271. The number of amides is 2. The lowest BCUT2D eigenvalue weighted by Crippen LogP contribution is -2.55. The number of hydrogen-bond donors (Lipinski definition) is 3. The predicted molar refractivity (Wildman–Crippen MR) is 172 cm³/mol. The normalized spacial score (nSPS) is 12.9. The third-order valence-electron chi connectivity index (χ3n) is 6.84. The van der Waals surface area contributed by atoms with Gasteiger partial charge in [0, 0.05) is 12.1 Å². The first-order valence-electron chi connectivity index (χ1n) is 14.2. The molecule has 42 heavy (non-hydrogen) atoms. The molecular weight excluding hydrogens is 537 g/mol. The molecule has 236 valence electrons. The van der Waals surface area contributed by atoms with Crippen molar-refractivity contribution < 1.29 is 34.8 Å². The second-order valence-electron chi connectivity index (χ2n) is 11.5. The van der Waals surface area contributed by atoms with Crippen LogP contribution in [0.25, 0.3) is 0 Å². The van der Waals surface area contributed by atoms with Crippen molar-refractivity contribution >= 4 is 25.3 Å². The Morgan fingerprint density at radius 3 is 1.90 bits per heavy atom. The van der Waals surface area contributed by atoms with Gasteiger partial charge >= 0.3 is 0 Å². The lowest BCUT2D eigenvalue weighted by molar-refractivity contribution is -0.130. The van der Waals surface area contributed by atoms with E-state index in [1.807, 2.05) is 46.0 Å². The van der Waals surface area contributed by atoms with Gasteiger partial charge in [0.05, 0.1) is 21.3 Å². The van der Waals surface area contributed by atoms with Gasteiger partial charge in [-0.05, 0) is 65.5 Å². The summed E-state index contributed by atoms with van der Waals surface area (Å²) < 4.78 is 16.5. The molecule has 0 aromatic heterocycles. The molecule has 0 fully saturated rings. The zero-order valence-electron chi connectivity index (χ0n) is 26.9. The van der Waals surface area contributed by atoms with E-state index in [-0.39, 0.29) is 34.6 Å². The van der Waals surface area contributed by atoms with E-state index in [9.17, 15) is 9.59 Å². The summed E-state index contributed by atoms with van der Waals surface area (Å²) >= 11 is 0. The zero-order valence-corrected chi connectivity index (χ0v) is 26.9. The van der Waals surface area contributed by atoms with Crippen molar-refractivity contribution in [1.29, 1.82) is 0 Å². The van der Waals surface area contributed by atoms with Gasteiger partial charge in [-0.2, -0.15) is 0 Å². The van der Waals surface area contributed by atoms with E-state index < -0.39 is 12.1 Å². The van der Waals surface area contributed by atoms with Crippen LogP contribution in [-0.2, 0) is 16.0 Å². The van der Waals surface area contributed by atoms with E-state index in [2.05, 4.69) is 55.8 Å². The Morgan fingerprint density at radius 2 is 1.43 bits per heavy atom. The molecule has 0 saturated carbocycles. The molecule has 0 unspecified atom stereocenters. The van der Waals surface area contributed by atoms with Gasteiger partial charge in [-0.3, -0.25) is 9.59 Å². The van der Waals surface area contributed by atoms with Crippen LogP contribution in [0.3, 0.4) is 0 Å². The standard InChI is InChI=1S/C31H48BN3O5.2H2O/c1-18(2)13-27(32)34-31(37)28(20(5)6)35-30(36)24(33-23-12-10-11-22(17-23)19(3)4)14-21-15-25(38-7)29(40-9)26(16-21)39-8;;/h10-12,15-20,24,27-28,33H,13-14,32H2,1-9H3,(H,34,37)(H,35,36);2*1H2/t24-,27-,28-;;/m0../s1. The van der Waals surface area contributed by atoms with Gasteiger partial charge in [0.2, 0.25) is 17.6 Å². The molecule has 0 saturated heterocycles. The average molecular weight is 590 g/mol. The molecule has 10 nitrogen and oxygen atoms in total. The molecule has 0 bridgehead atoms. The summed E-state index contributed by atoms with van der Waals surface area (Å²) in [7, 11) is 6.67. The lowest BCUT2D eigenvalue weighted by Gasteiger charge is -2.28. The summed E-state index contributed by atoms with van der Waals surface area (Å²) in [4.78, 5) is 27.1. The van der Waals surface area contributed by atoms with Gasteiger partial charge in [-0.25, -0.2) is 0 Å². The fourth-order valence-electron chi connectivity index (χ4n) is 4.77. The van der Waals surface area contributed by atoms with Gasteiger partial charge in [-0.15, -0.1) is 0 Å². The summed E-state index contributed by atoms with van der Waals surface area (Å²) in [5.74, 6) is 1.77. The van der Waals surface area contributed by atoms with Crippen molar-refractivity contribution in [2.45, 2.75) is 78.3 Å². The summed E-state index contributed by atoms with van der Waals surface area (Å²) in [6, 6.07) is 10.4. The van der Waals surface area contributed by atoms with Crippen molar-refractivity contribution in [3.63, 3.8) is 0 Å². The monoisotopic (exact) mass is 589 g/mol. The molecule has 0 radical (unpaired) electrons. The van der Waals surface area contributed by atoms with Gasteiger partial charge in [-0.1, -0.05) is 53.7 Å². The summed E-state index contributed by atoms with van der Waals surface area (Å²) in [6.45, 7) is 12.4. The lowest BCUT2D eigenvalue weighted by atomic mass is 9.87. The minimum absolute atomic E-state index is 0. The highest BCUT2D eigenvalue weighted by Crippen LogP contribution is 2.38. The van der Waals surface area contributed by atoms with Crippen LogP contribution < -0.4 is 30.2 Å². The maximum atomic E-state index is 13.8. The number of ether oxygens (including phenoxy) is 3. The largest absolute Gasteiger partial charge is 0.493 e. The maximum Gasteiger partial charge on any atom is 0.243 e. The van der Waals surface area contributed by atoms with Crippen molar-refractivity contribution in [3.05, 3.63) is 47.5 Å². The molecule has 2 aromatic rings. The van der Waals surface area contributed by atoms with E-state index in [0.717, 1.165) is 23.2 Å². The van der Waals surface area contributed by atoms with E-state index in [4.69, 9.17) is 14.2 Å². The van der Waals surface area contributed by atoms with Gasteiger partial charge in [0.25, 0.3) is 0 Å². The van der Waals surface area contributed by atoms with E-state index in [0.29, 0.717) is 35.5 Å². The molecule has 2 amide bonds. The van der Waals surface area contributed by atoms with E-state index >= 15 is 0 Å². The van der Waals surface area contributed by atoms with Crippen LogP contribution in [0.4, 0.5) is 5.69 Å². The molecule has 11 heteroatoms. The molecule has 0 aliphatic carbocycles. The van der Waals surface area contributed by atoms with Gasteiger partial charge in [0.15, 0.2) is 11.5 Å². The Bertz CT molecular complexity index is 1100. The van der Waals surface area contributed by atoms with Crippen molar-refractivity contribution in [2.75, 3.05) is 26.6 Å². The first-order chi connectivity index (χ1) is 18.9. The van der Waals surface area contributed by atoms with Crippen LogP contribution in [-0.4, -0.2) is 70.0 Å². The number of anilines is 1. The summed E-state index contributed by atoms with van der Waals surface area (Å²) in [5.41, 5.74) is 2.81. The van der Waals surface area contributed by atoms with Crippen LogP contribution in [0, 0.1) is 11.8 Å². The molecular formula is C31H52BN3O7. The Labute approximate surface area is 252 Å². The molecule has 7 N–H and O–H groups in total. The second kappa shape index (κ2) is 18.2. The van der Waals surface area contributed by atoms with Crippen LogP contribution >= 0.6 is 0 Å². The van der Waals surface area contributed by atoms with E-state index in [1.54, 1.807) is 21.3 Å². The molecule has 0 aliphatic heterocycles. The fraction of sp³-hybridized carbons (Fsp3) is 0.548. The number of hydrogen-bond acceptors (Lipinski definition) is 6. The fourth-order valence-corrected chi connectivity index (χ4v) is 4.77. The maximum absolute atomic E-state index is 13.8. The summed E-state index contributed by atoms with van der Waals surface area (Å²) in [5, 5.41) is 9.53. The molecule has 3 atom stereocenters. The SMILES string of the molecule is B[C@H](CC(C)C)NC(=O)[C@@H](NC(=O)[C@H](Cc1cc(OC)c(OC)c(OC)c1)Nc1cccc(C(C)C)c1)C(C)C.O.O. The van der Waals surface area contributed by atoms with E-state index in [1.165, 1.54) is 0 Å². The molecule has 0 aliphatic rings. The van der Waals surface area contributed by atoms with Crippen molar-refractivity contribution in [2.24, 2.45) is 11.8 Å². The van der Waals surface area contributed by atoms with Crippen molar-refractivity contribution in [3.8, 4) is 17.2 Å². The number of methoxy groups -OCH3 is 3. The van der Waals surface area contributed by atoms with Crippen LogP contribution in [0.15, 0.2) is 36.4 Å². The van der Waals surface area contributed by atoms with Crippen molar-refractivity contribution in [1.82, 2.24) is 10.6 Å². The average Bonchev–Trinajstić information content (AvgIpc) is 2.89. The number of nitrogens with one attached hydrogen (secondary N) is 3. The first kappa shape index (κ1) is 38.6. The Morgan fingerprint density at radius 1 is 0.833 bits per heavy atom. The summed E-state index contributed by atoms with van der Waals surface area (Å²) in [6.07, 6.45) is 1.19. The zero-order chi connectivity index (χ0) is 30.0. The Kier molecular flexibility index (Phi) is 16.7. The smallest absolute Gasteiger partial charge is 0.243 e. The molecule has 0 heterocycles. The number of rotatable bonds is 15. The number of carbonyl (C=O) groups is 2. The molecule has 0 spiro atoms. The minimum atomic E-state index is -0.674. The van der Waals surface area contributed by atoms with Crippen LogP contribution in [0.1, 0.15) is 65.0 Å². The first-order valence-corrected chi connectivity index (χ1v) is 14.2. The third kappa shape index (κ3) is 11.1. The number of benzene rings is 2. The molecule has 2 aromatic carbocycles. The van der Waals surface area contributed by atoms with Gasteiger partial charge in [0.1, 0.15) is 19.9 Å². The van der Waals surface area contributed by atoms with Crippen LogP contribution in [0.5, 0.6) is 17.2 Å². The van der Waals surface area contributed by atoms with Gasteiger partial charge < -0.3 is 41.1 Å². The topological polar surface area (TPSA) is 161 Å². The Hall–Kier alpha value is -3.44. The predicted octanol–water partition coefficient (Wildman–Crippen LogP) is 2.47. The second-order valence-corrected chi connectivity index (χ2v) is 11.5. The highest BCUT2D eigenvalue weighted by molar-refractivity contribution is 6.13. The van der Waals surface area contributed by atoms with Crippen LogP contribution in [0.2, 0.25) is 0 Å². The third-order valence-corrected chi connectivity index (χ3v) is 6.84. The highest BCUT2D eigenvalue weighted by Gasteiger charge is 2.29. The number of carbonyl (C=O) groups excluding carboxylic acids is 2. The Balaban J connectivity index is 0.00000840. The highest BCUT2D eigenvalue weighted by atomic mass is 16.5.